The summed E-state index contributed by atoms with van der Waals surface area (Å²) in [5.41, 5.74) is 1.58. The Morgan fingerprint density at radius 2 is 1.83 bits per heavy atom. The fourth-order valence-corrected chi connectivity index (χ4v) is 3.91. The Morgan fingerprint density at radius 1 is 1.14 bits per heavy atom. The van der Waals surface area contributed by atoms with Gasteiger partial charge in [-0.2, -0.15) is 4.98 Å². The summed E-state index contributed by atoms with van der Waals surface area (Å²) in [7, 11) is 3.94. The van der Waals surface area contributed by atoms with E-state index in [1.807, 2.05) is 32.1 Å². The third-order valence-electron chi connectivity index (χ3n) is 4.94. The number of nitrogens with zero attached hydrogens (tertiary/aromatic N) is 3. The minimum Gasteiger partial charge on any atom is -0.362 e. The summed E-state index contributed by atoms with van der Waals surface area (Å²) < 4.78 is 0. The van der Waals surface area contributed by atoms with Crippen molar-refractivity contribution < 1.29 is 4.79 Å². The lowest BCUT2D eigenvalue weighted by atomic mass is 9.91. The number of amides is 2. The summed E-state index contributed by atoms with van der Waals surface area (Å²) in [6, 6.07) is 5.13. The standard InChI is InChI=1S/C20H26Cl2N6O/c1-12-11-23-19(27-18(12)28(2)3)24-14-5-7-15(8-6-14)25-20(29)26-17-9-4-13(21)10-16(17)22/h4,9-11,14-15H,5-8H2,1-3H3,(H,23,24,27)(H2,25,26,29). The summed E-state index contributed by atoms with van der Waals surface area (Å²) in [5.74, 6) is 1.56. The molecule has 0 radical (unpaired) electrons. The van der Waals surface area contributed by atoms with Gasteiger partial charge < -0.3 is 20.9 Å². The van der Waals surface area contributed by atoms with Gasteiger partial charge in [0.05, 0.1) is 10.7 Å². The molecule has 3 N–H and O–H groups in total. The molecule has 0 unspecified atom stereocenters. The Labute approximate surface area is 181 Å². The van der Waals surface area contributed by atoms with E-state index in [0.29, 0.717) is 27.7 Å². The van der Waals surface area contributed by atoms with Crippen LogP contribution in [0.1, 0.15) is 31.2 Å². The predicted molar refractivity (Wildman–Crippen MR) is 119 cm³/mol. The molecule has 1 heterocycles. The van der Waals surface area contributed by atoms with E-state index < -0.39 is 0 Å². The molecule has 0 aliphatic heterocycles. The van der Waals surface area contributed by atoms with Crippen LogP contribution in [0.5, 0.6) is 0 Å². The second-order valence-corrected chi connectivity index (χ2v) is 8.35. The number of hydrogen-bond donors (Lipinski definition) is 3. The Balaban J connectivity index is 1.48. The van der Waals surface area contributed by atoms with Gasteiger partial charge in [0.15, 0.2) is 0 Å². The van der Waals surface area contributed by atoms with E-state index in [1.165, 1.54) is 0 Å². The number of urea groups is 1. The maximum atomic E-state index is 12.3. The molecule has 2 amide bonds. The minimum absolute atomic E-state index is 0.121. The van der Waals surface area contributed by atoms with Crippen molar-refractivity contribution in [1.29, 1.82) is 0 Å². The summed E-state index contributed by atoms with van der Waals surface area (Å²) in [5, 5.41) is 10.2. The van der Waals surface area contributed by atoms with E-state index in [1.54, 1.807) is 18.2 Å². The SMILES string of the molecule is Cc1cnc(NC2CCC(NC(=O)Nc3ccc(Cl)cc3Cl)CC2)nc1N(C)C. The zero-order valence-electron chi connectivity index (χ0n) is 16.8. The normalized spacial score (nSPS) is 18.8. The smallest absolute Gasteiger partial charge is 0.319 e. The van der Waals surface area contributed by atoms with Crippen LogP contribution >= 0.6 is 23.2 Å². The van der Waals surface area contributed by atoms with Gasteiger partial charge in [-0.15, -0.1) is 0 Å². The fraction of sp³-hybridized carbons (Fsp3) is 0.450. The zero-order chi connectivity index (χ0) is 21.0. The second kappa shape index (κ2) is 9.50. The Morgan fingerprint density at radius 3 is 2.48 bits per heavy atom. The van der Waals surface area contributed by atoms with Crippen molar-refractivity contribution >= 4 is 46.7 Å². The maximum absolute atomic E-state index is 12.3. The van der Waals surface area contributed by atoms with Gasteiger partial charge in [0.1, 0.15) is 5.82 Å². The number of halogens is 2. The van der Waals surface area contributed by atoms with Gasteiger partial charge in [-0.3, -0.25) is 0 Å². The van der Waals surface area contributed by atoms with Crippen LogP contribution in [0.15, 0.2) is 24.4 Å². The highest BCUT2D eigenvalue weighted by Gasteiger charge is 2.23. The monoisotopic (exact) mass is 436 g/mol. The van der Waals surface area contributed by atoms with E-state index in [2.05, 4.69) is 25.9 Å². The van der Waals surface area contributed by atoms with E-state index in [-0.39, 0.29) is 12.1 Å². The highest BCUT2D eigenvalue weighted by molar-refractivity contribution is 6.36. The average Bonchev–Trinajstić information content (AvgIpc) is 2.67. The Bertz CT molecular complexity index is 868. The van der Waals surface area contributed by atoms with Crippen LogP contribution in [0.3, 0.4) is 0 Å². The van der Waals surface area contributed by atoms with Crippen molar-refractivity contribution in [3.8, 4) is 0 Å². The first-order chi connectivity index (χ1) is 13.8. The lowest BCUT2D eigenvalue weighted by Gasteiger charge is -2.30. The number of benzene rings is 1. The van der Waals surface area contributed by atoms with Crippen LogP contribution in [0.25, 0.3) is 0 Å². The number of carbonyl (C=O) groups is 1. The van der Waals surface area contributed by atoms with Gasteiger partial charge in [-0.1, -0.05) is 23.2 Å². The fourth-order valence-electron chi connectivity index (χ4n) is 3.45. The van der Waals surface area contributed by atoms with Crippen molar-refractivity contribution in [1.82, 2.24) is 15.3 Å². The predicted octanol–water partition coefficient (Wildman–Crippen LogP) is 4.70. The molecule has 9 heteroatoms. The lowest BCUT2D eigenvalue weighted by Crippen LogP contribution is -2.42. The molecule has 1 saturated carbocycles. The van der Waals surface area contributed by atoms with Crippen LogP contribution in [-0.4, -0.2) is 42.2 Å². The van der Waals surface area contributed by atoms with Gasteiger partial charge in [0, 0.05) is 43.0 Å². The third-order valence-corrected chi connectivity index (χ3v) is 5.49. The summed E-state index contributed by atoms with van der Waals surface area (Å²) in [6.45, 7) is 2.00. The molecule has 1 aromatic heterocycles. The zero-order valence-corrected chi connectivity index (χ0v) is 18.3. The van der Waals surface area contributed by atoms with Crippen LogP contribution in [-0.2, 0) is 0 Å². The Kier molecular flexibility index (Phi) is 7.03. The molecule has 156 valence electrons. The van der Waals surface area contributed by atoms with Crippen LogP contribution < -0.4 is 20.9 Å². The Hall–Kier alpha value is -2.25. The maximum Gasteiger partial charge on any atom is 0.319 e. The van der Waals surface area contributed by atoms with Gasteiger partial charge in [0.25, 0.3) is 0 Å². The molecule has 29 heavy (non-hydrogen) atoms. The van der Waals surface area contributed by atoms with E-state index >= 15 is 0 Å². The van der Waals surface area contributed by atoms with E-state index in [9.17, 15) is 4.79 Å². The van der Waals surface area contributed by atoms with Gasteiger partial charge >= 0.3 is 6.03 Å². The highest BCUT2D eigenvalue weighted by atomic mass is 35.5. The molecule has 1 aliphatic rings. The molecule has 2 aromatic rings. The molecule has 7 nitrogen and oxygen atoms in total. The number of carbonyl (C=O) groups excluding carboxylic acids is 1. The number of rotatable bonds is 5. The van der Waals surface area contributed by atoms with E-state index in [0.717, 1.165) is 37.1 Å². The van der Waals surface area contributed by atoms with E-state index in [4.69, 9.17) is 23.2 Å². The number of aryl methyl sites for hydroxylation is 1. The first kappa shape index (κ1) is 21.5. The number of aromatic nitrogens is 2. The average molecular weight is 437 g/mol. The van der Waals surface area contributed by atoms with Crippen molar-refractivity contribution in [2.45, 2.75) is 44.7 Å². The van der Waals surface area contributed by atoms with Crippen molar-refractivity contribution in [3.05, 3.63) is 40.0 Å². The number of hydrogen-bond acceptors (Lipinski definition) is 5. The van der Waals surface area contributed by atoms with Gasteiger partial charge in [-0.25, -0.2) is 9.78 Å². The van der Waals surface area contributed by atoms with Crippen molar-refractivity contribution in [2.24, 2.45) is 0 Å². The molecule has 1 fully saturated rings. The molecule has 3 rings (SSSR count). The molecule has 0 saturated heterocycles. The molecule has 0 atom stereocenters. The molecule has 1 aromatic carbocycles. The second-order valence-electron chi connectivity index (χ2n) is 7.51. The molecule has 1 aliphatic carbocycles. The quantitative estimate of drug-likeness (QED) is 0.632. The van der Waals surface area contributed by atoms with Gasteiger partial charge in [-0.05, 0) is 50.8 Å². The molecular formula is C20H26Cl2N6O. The van der Waals surface area contributed by atoms with Crippen LogP contribution in [0, 0.1) is 6.92 Å². The first-order valence-electron chi connectivity index (χ1n) is 9.62. The first-order valence-corrected chi connectivity index (χ1v) is 10.4. The van der Waals surface area contributed by atoms with Gasteiger partial charge in [0.2, 0.25) is 5.95 Å². The molecular weight excluding hydrogens is 411 g/mol. The number of nitrogens with one attached hydrogen (secondary N) is 3. The topological polar surface area (TPSA) is 82.2 Å². The molecule has 0 bridgehead atoms. The lowest BCUT2D eigenvalue weighted by molar-refractivity contribution is 0.243. The highest BCUT2D eigenvalue weighted by Crippen LogP contribution is 2.26. The van der Waals surface area contributed by atoms with Crippen LogP contribution in [0.4, 0.5) is 22.2 Å². The summed E-state index contributed by atoms with van der Waals surface area (Å²) >= 11 is 12.0. The summed E-state index contributed by atoms with van der Waals surface area (Å²) in [6.07, 6.45) is 5.46. The summed E-state index contributed by atoms with van der Waals surface area (Å²) in [4.78, 5) is 23.2. The van der Waals surface area contributed by atoms with Crippen molar-refractivity contribution in [3.63, 3.8) is 0 Å². The largest absolute Gasteiger partial charge is 0.362 e. The number of anilines is 3. The third kappa shape index (κ3) is 5.87. The molecule has 0 spiro atoms. The minimum atomic E-state index is -0.261. The van der Waals surface area contributed by atoms with Crippen LogP contribution in [0.2, 0.25) is 10.0 Å². The van der Waals surface area contributed by atoms with Crippen molar-refractivity contribution in [2.75, 3.05) is 29.6 Å².